The number of likely N-dealkylation sites (tertiary alicyclic amines) is 1. The summed E-state index contributed by atoms with van der Waals surface area (Å²) in [6, 6.07) is 9.72. The molecule has 0 saturated carbocycles. The van der Waals surface area contributed by atoms with Gasteiger partial charge >= 0.3 is 5.97 Å². The zero-order chi connectivity index (χ0) is 16.3. The Kier molecular flexibility index (Phi) is 7.43. The third kappa shape index (κ3) is 6.72. The summed E-state index contributed by atoms with van der Waals surface area (Å²) in [5.41, 5.74) is 7.00. The number of piperidine rings is 1. The van der Waals surface area contributed by atoms with Gasteiger partial charge in [0.15, 0.2) is 5.96 Å². The van der Waals surface area contributed by atoms with Crippen LogP contribution in [0.2, 0.25) is 0 Å². The number of unbranched alkanes of at least 4 members (excludes halogenated alkanes) is 1. The first-order valence-corrected chi connectivity index (χ1v) is 8.50. The second-order valence-electron chi connectivity index (χ2n) is 5.89. The van der Waals surface area contributed by atoms with Gasteiger partial charge in [0.2, 0.25) is 0 Å². The molecule has 0 aliphatic carbocycles. The van der Waals surface area contributed by atoms with E-state index in [1.165, 1.54) is 19.3 Å². The smallest absolute Gasteiger partial charge is 0.306 e. The molecule has 2 N–H and O–H groups in total. The maximum atomic E-state index is 11.7. The van der Waals surface area contributed by atoms with Crippen molar-refractivity contribution in [1.82, 2.24) is 4.90 Å². The molecule has 0 aromatic heterocycles. The molecule has 1 aromatic carbocycles. The maximum absolute atomic E-state index is 11.7. The van der Waals surface area contributed by atoms with Crippen LogP contribution in [-0.2, 0) is 16.1 Å². The molecule has 0 atom stereocenters. The zero-order valence-corrected chi connectivity index (χ0v) is 13.7. The largest absolute Gasteiger partial charge is 0.461 e. The molecule has 0 radical (unpaired) electrons. The van der Waals surface area contributed by atoms with Gasteiger partial charge in [-0.3, -0.25) is 9.79 Å². The predicted octanol–water partition coefficient (Wildman–Crippen LogP) is 2.70. The molecule has 1 aliphatic rings. The van der Waals surface area contributed by atoms with Gasteiger partial charge in [0.1, 0.15) is 6.61 Å². The van der Waals surface area contributed by atoms with Crippen molar-refractivity contribution in [3.05, 3.63) is 35.9 Å². The van der Waals surface area contributed by atoms with E-state index in [0.717, 1.165) is 31.5 Å². The minimum atomic E-state index is -0.151. The van der Waals surface area contributed by atoms with Crippen molar-refractivity contribution < 1.29 is 9.53 Å². The molecule has 0 unspecified atom stereocenters. The fourth-order valence-electron chi connectivity index (χ4n) is 2.61. The highest BCUT2D eigenvalue weighted by atomic mass is 16.5. The molecule has 0 spiro atoms. The van der Waals surface area contributed by atoms with Crippen molar-refractivity contribution in [2.75, 3.05) is 19.6 Å². The van der Waals surface area contributed by atoms with E-state index in [1.54, 1.807) is 0 Å². The average molecular weight is 317 g/mol. The lowest BCUT2D eigenvalue weighted by molar-refractivity contribution is -0.145. The van der Waals surface area contributed by atoms with E-state index in [-0.39, 0.29) is 5.97 Å². The second kappa shape index (κ2) is 9.87. The summed E-state index contributed by atoms with van der Waals surface area (Å²) in [7, 11) is 0. The molecule has 5 nitrogen and oxygen atoms in total. The number of carbonyl (C=O) groups is 1. The molecule has 23 heavy (non-hydrogen) atoms. The fourth-order valence-corrected chi connectivity index (χ4v) is 2.61. The number of hydrogen-bond acceptors (Lipinski definition) is 3. The van der Waals surface area contributed by atoms with Crippen LogP contribution in [0.5, 0.6) is 0 Å². The highest BCUT2D eigenvalue weighted by molar-refractivity contribution is 5.78. The lowest BCUT2D eigenvalue weighted by Gasteiger charge is -2.27. The van der Waals surface area contributed by atoms with Gasteiger partial charge in [-0.15, -0.1) is 0 Å². The monoisotopic (exact) mass is 317 g/mol. The first-order chi connectivity index (χ1) is 11.3. The van der Waals surface area contributed by atoms with Crippen LogP contribution in [0.15, 0.2) is 35.3 Å². The fraction of sp³-hybridized carbons (Fsp3) is 0.556. The third-order valence-corrected chi connectivity index (χ3v) is 3.99. The van der Waals surface area contributed by atoms with Crippen LogP contribution in [0.1, 0.15) is 44.1 Å². The Bertz CT molecular complexity index is 496. The molecule has 2 rings (SSSR count). The van der Waals surface area contributed by atoms with E-state index in [0.29, 0.717) is 25.5 Å². The third-order valence-electron chi connectivity index (χ3n) is 3.99. The number of aliphatic imine (C=N–C) groups is 1. The van der Waals surface area contributed by atoms with Gasteiger partial charge in [0.05, 0.1) is 0 Å². The minimum absolute atomic E-state index is 0.151. The van der Waals surface area contributed by atoms with Crippen molar-refractivity contribution in [3.63, 3.8) is 0 Å². The van der Waals surface area contributed by atoms with Crippen molar-refractivity contribution in [3.8, 4) is 0 Å². The lowest BCUT2D eigenvalue weighted by atomic mass is 10.1. The van der Waals surface area contributed by atoms with Crippen molar-refractivity contribution in [2.45, 2.75) is 45.1 Å². The Morgan fingerprint density at radius 2 is 1.87 bits per heavy atom. The standard InChI is InChI=1S/C18H27N3O2/c19-18(21-13-7-2-8-14-21)20-12-6-5-11-17(22)23-15-16-9-3-1-4-10-16/h1,3-4,9-10H,2,5-8,11-15H2,(H2,19,20). The van der Waals surface area contributed by atoms with Gasteiger partial charge in [0.25, 0.3) is 0 Å². The van der Waals surface area contributed by atoms with Crippen LogP contribution < -0.4 is 5.73 Å². The average Bonchev–Trinajstić information content (AvgIpc) is 2.61. The number of ether oxygens (including phenoxy) is 1. The van der Waals surface area contributed by atoms with Gasteiger partial charge in [-0.05, 0) is 37.7 Å². The van der Waals surface area contributed by atoms with Gasteiger partial charge < -0.3 is 15.4 Å². The van der Waals surface area contributed by atoms with E-state index < -0.39 is 0 Å². The molecule has 1 fully saturated rings. The van der Waals surface area contributed by atoms with Gasteiger partial charge in [-0.1, -0.05) is 30.3 Å². The molecule has 0 bridgehead atoms. The van der Waals surface area contributed by atoms with Crippen LogP contribution >= 0.6 is 0 Å². The number of hydrogen-bond donors (Lipinski definition) is 1. The van der Waals surface area contributed by atoms with Crippen LogP contribution in [0.4, 0.5) is 0 Å². The van der Waals surface area contributed by atoms with Gasteiger partial charge in [0, 0.05) is 26.1 Å². The molecule has 1 saturated heterocycles. The SMILES string of the molecule is NC(=NCCCCC(=O)OCc1ccccc1)N1CCCCC1. The van der Waals surface area contributed by atoms with Crippen LogP contribution in [0.25, 0.3) is 0 Å². The van der Waals surface area contributed by atoms with Crippen molar-refractivity contribution >= 4 is 11.9 Å². The summed E-state index contributed by atoms with van der Waals surface area (Å²) in [6.45, 7) is 3.05. The molecular weight excluding hydrogens is 290 g/mol. The van der Waals surface area contributed by atoms with E-state index >= 15 is 0 Å². The highest BCUT2D eigenvalue weighted by Gasteiger charge is 2.11. The second-order valence-corrected chi connectivity index (χ2v) is 5.89. The number of carbonyl (C=O) groups excluding carboxylic acids is 1. The Balaban J connectivity index is 1.55. The van der Waals surface area contributed by atoms with Crippen molar-refractivity contribution in [1.29, 1.82) is 0 Å². The van der Waals surface area contributed by atoms with Crippen molar-refractivity contribution in [2.24, 2.45) is 10.7 Å². The number of nitrogens with zero attached hydrogens (tertiary/aromatic N) is 2. The molecule has 126 valence electrons. The molecule has 1 heterocycles. The molecule has 1 aliphatic heterocycles. The molecular formula is C18H27N3O2. The van der Waals surface area contributed by atoms with E-state index in [4.69, 9.17) is 10.5 Å². The number of nitrogens with two attached hydrogens (primary N) is 1. The predicted molar refractivity (Wildman–Crippen MR) is 92.0 cm³/mol. The quantitative estimate of drug-likeness (QED) is 0.363. The summed E-state index contributed by atoms with van der Waals surface area (Å²) in [4.78, 5) is 18.2. The first-order valence-electron chi connectivity index (χ1n) is 8.50. The number of esters is 1. The van der Waals surface area contributed by atoms with Gasteiger partial charge in [-0.2, -0.15) is 0 Å². The summed E-state index contributed by atoms with van der Waals surface area (Å²) in [6.07, 6.45) is 5.76. The maximum Gasteiger partial charge on any atom is 0.306 e. The summed E-state index contributed by atoms with van der Waals surface area (Å²) >= 11 is 0. The molecule has 5 heteroatoms. The summed E-state index contributed by atoms with van der Waals surface area (Å²) in [5.74, 6) is 0.498. The summed E-state index contributed by atoms with van der Waals surface area (Å²) in [5, 5.41) is 0. The van der Waals surface area contributed by atoms with E-state index in [1.807, 2.05) is 30.3 Å². The Labute approximate surface area is 138 Å². The highest BCUT2D eigenvalue weighted by Crippen LogP contribution is 2.08. The van der Waals surface area contributed by atoms with Crippen LogP contribution in [0.3, 0.4) is 0 Å². The van der Waals surface area contributed by atoms with E-state index in [9.17, 15) is 4.79 Å². The first kappa shape index (κ1) is 17.3. The number of guanidine groups is 1. The Morgan fingerprint density at radius 1 is 1.13 bits per heavy atom. The van der Waals surface area contributed by atoms with Gasteiger partial charge in [-0.25, -0.2) is 0 Å². The van der Waals surface area contributed by atoms with Crippen LogP contribution in [0, 0.1) is 0 Å². The van der Waals surface area contributed by atoms with E-state index in [2.05, 4.69) is 9.89 Å². The Hall–Kier alpha value is -2.04. The molecule has 1 aromatic rings. The lowest BCUT2D eigenvalue weighted by Crippen LogP contribution is -2.40. The summed E-state index contributed by atoms with van der Waals surface area (Å²) < 4.78 is 5.24. The Morgan fingerprint density at radius 3 is 2.61 bits per heavy atom. The number of rotatable bonds is 7. The zero-order valence-electron chi connectivity index (χ0n) is 13.7. The van der Waals surface area contributed by atoms with Crippen LogP contribution in [-0.4, -0.2) is 36.5 Å². The molecule has 0 amide bonds. The number of benzene rings is 1. The normalized spacial score (nSPS) is 15.5. The topological polar surface area (TPSA) is 67.9 Å². The minimum Gasteiger partial charge on any atom is -0.461 e.